The molecule has 12 rings (SSSR count). The van der Waals surface area contributed by atoms with Crippen LogP contribution in [0.2, 0.25) is 0 Å². The van der Waals surface area contributed by atoms with Crippen molar-refractivity contribution in [2.45, 2.75) is 0 Å². The number of hydrogen-bond acceptors (Lipinski definition) is 1. The molecule has 0 saturated carbocycles. The molecule has 0 aliphatic rings. The van der Waals surface area contributed by atoms with E-state index in [-0.39, 0.29) is 0 Å². The Morgan fingerprint density at radius 1 is 0.300 bits per heavy atom. The Morgan fingerprint density at radius 3 is 1.42 bits per heavy atom. The molecule has 280 valence electrons. The SMILES string of the molecule is c1ccc(-c2ccccc2N(c2ccc(-n3c4ccccc4c4ccccc43)cc2)c2ccccc2-c2ccc3ccc4ccc5ccc6ccccc6c5c4c3c2)cc1. The Hall–Kier alpha value is -7.94. The number of aromatic nitrogens is 1. The molecule has 0 radical (unpaired) electrons. The van der Waals surface area contributed by atoms with E-state index in [2.05, 4.69) is 240 Å². The number of para-hydroxylation sites is 4. The monoisotopic (exact) mass is 762 g/mol. The van der Waals surface area contributed by atoms with E-state index in [1.54, 1.807) is 0 Å². The van der Waals surface area contributed by atoms with Crippen molar-refractivity contribution in [3.8, 4) is 27.9 Å². The fraction of sp³-hybridized carbons (Fsp3) is 0. The van der Waals surface area contributed by atoms with E-state index in [1.807, 2.05) is 0 Å². The van der Waals surface area contributed by atoms with E-state index in [0.717, 1.165) is 28.3 Å². The second-order valence-corrected chi connectivity index (χ2v) is 15.7. The van der Waals surface area contributed by atoms with Crippen LogP contribution in [0.1, 0.15) is 0 Å². The number of hydrogen-bond donors (Lipinski definition) is 0. The van der Waals surface area contributed by atoms with Crippen LogP contribution in [0, 0.1) is 0 Å². The number of anilines is 3. The average molecular weight is 763 g/mol. The fourth-order valence-corrected chi connectivity index (χ4v) is 9.61. The summed E-state index contributed by atoms with van der Waals surface area (Å²) in [6.07, 6.45) is 0. The van der Waals surface area contributed by atoms with Crippen LogP contribution >= 0.6 is 0 Å². The average Bonchev–Trinajstić information content (AvgIpc) is 3.66. The van der Waals surface area contributed by atoms with Crippen molar-refractivity contribution in [2.75, 3.05) is 4.90 Å². The molecule has 0 N–H and O–H groups in total. The van der Waals surface area contributed by atoms with Crippen LogP contribution in [-0.2, 0) is 0 Å². The first-order valence-corrected chi connectivity index (χ1v) is 20.7. The van der Waals surface area contributed by atoms with E-state index < -0.39 is 0 Å². The summed E-state index contributed by atoms with van der Waals surface area (Å²) in [4.78, 5) is 2.45. The summed E-state index contributed by atoms with van der Waals surface area (Å²) in [5.41, 5.74) is 11.5. The van der Waals surface area contributed by atoms with Gasteiger partial charge in [-0.15, -0.1) is 0 Å². The molecule has 0 aliphatic carbocycles. The van der Waals surface area contributed by atoms with Gasteiger partial charge in [-0.05, 0) is 109 Å². The van der Waals surface area contributed by atoms with Crippen LogP contribution in [-0.4, -0.2) is 4.57 Å². The molecular formula is C58H38N2. The van der Waals surface area contributed by atoms with E-state index in [0.29, 0.717) is 0 Å². The highest BCUT2D eigenvalue weighted by Gasteiger charge is 2.21. The zero-order chi connectivity index (χ0) is 39.6. The van der Waals surface area contributed by atoms with E-state index in [9.17, 15) is 0 Å². The zero-order valence-corrected chi connectivity index (χ0v) is 32.8. The van der Waals surface area contributed by atoms with E-state index in [1.165, 1.54) is 81.6 Å². The summed E-state index contributed by atoms with van der Waals surface area (Å²) >= 11 is 0. The minimum atomic E-state index is 1.08. The lowest BCUT2D eigenvalue weighted by Crippen LogP contribution is -2.12. The van der Waals surface area contributed by atoms with Gasteiger partial charge in [0.2, 0.25) is 0 Å². The first-order valence-electron chi connectivity index (χ1n) is 20.7. The third-order valence-electron chi connectivity index (χ3n) is 12.3. The molecule has 0 amide bonds. The highest BCUT2D eigenvalue weighted by atomic mass is 15.1. The molecule has 0 atom stereocenters. The summed E-state index contributed by atoms with van der Waals surface area (Å²) in [5, 5.41) is 12.7. The van der Waals surface area contributed by atoms with Crippen molar-refractivity contribution < 1.29 is 0 Å². The van der Waals surface area contributed by atoms with Gasteiger partial charge in [-0.25, -0.2) is 0 Å². The van der Waals surface area contributed by atoms with Crippen molar-refractivity contribution in [1.29, 1.82) is 0 Å². The van der Waals surface area contributed by atoms with Gasteiger partial charge >= 0.3 is 0 Å². The molecule has 11 aromatic carbocycles. The largest absolute Gasteiger partial charge is 0.309 e. The Kier molecular flexibility index (Phi) is 7.89. The Balaban J connectivity index is 1.08. The predicted octanol–water partition coefficient (Wildman–Crippen LogP) is 16.2. The molecule has 2 heteroatoms. The second-order valence-electron chi connectivity index (χ2n) is 15.7. The van der Waals surface area contributed by atoms with Gasteiger partial charge < -0.3 is 9.47 Å². The first-order chi connectivity index (χ1) is 29.8. The van der Waals surface area contributed by atoms with Gasteiger partial charge in [-0.1, -0.05) is 176 Å². The van der Waals surface area contributed by atoms with Crippen LogP contribution in [0.25, 0.3) is 92.8 Å². The Morgan fingerprint density at radius 2 is 0.767 bits per heavy atom. The normalized spacial score (nSPS) is 11.7. The fourth-order valence-electron chi connectivity index (χ4n) is 9.61. The van der Waals surface area contributed by atoms with Gasteiger partial charge in [0.25, 0.3) is 0 Å². The van der Waals surface area contributed by atoms with Crippen LogP contribution in [0.15, 0.2) is 231 Å². The van der Waals surface area contributed by atoms with Crippen molar-refractivity contribution >= 4 is 82.0 Å². The molecule has 0 aliphatic heterocycles. The van der Waals surface area contributed by atoms with Gasteiger partial charge in [-0.2, -0.15) is 0 Å². The molecule has 0 bridgehead atoms. The first kappa shape index (κ1) is 34.1. The molecule has 0 spiro atoms. The molecule has 12 aromatic rings. The highest BCUT2D eigenvalue weighted by Crippen LogP contribution is 2.46. The van der Waals surface area contributed by atoms with Gasteiger partial charge in [0.15, 0.2) is 0 Å². The van der Waals surface area contributed by atoms with Gasteiger partial charge in [-0.3, -0.25) is 0 Å². The lowest BCUT2D eigenvalue weighted by Gasteiger charge is -2.30. The summed E-state index contributed by atoms with van der Waals surface area (Å²) < 4.78 is 2.39. The zero-order valence-electron chi connectivity index (χ0n) is 32.8. The smallest absolute Gasteiger partial charge is 0.0541 e. The molecule has 2 nitrogen and oxygen atoms in total. The van der Waals surface area contributed by atoms with Gasteiger partial charge in [0.1, 0.15) is 0 Å². The molecule has 1 heterocycles. The van der Waals surface area contributed by atoms with E-state index in [4.69, 9.17) is 0 Å². The molecule has 0 saturated heterocycles. The third-order valence-corrected chi connectivity index (χ3v) is 12.3. The van der Waals surface area contributed by atoms with Crippen molar-refractivity contribution in [3.63, 3.8) is 0 Å². The molecule has 0 fully saturated rings. The van der Waals surface area contributed by atoms with Crippen molar-refractivity contribution in [1.82, 2.24) is 4.57 Å². The van der Waals surface area contributed by atoms with Crippen molar-refractivity contribution in [3.05, 3.63) is 231 Å². The molecule has 1 aromatic heterocycles. The minimum Gasteiger partial charge on any atom is -0.309 e. The number of nitrogens with zero attached hydrogens (tertiary/aromatic N) is 2. The standard InChI is InChI=1S/C58H38N2/c1-2-14-39(15-3-1)47-17-6-10-22-53(47)59(45-34-36-46(37-35-45)60-55-24-12-8-20-50(55)51-21-9-13-25-56(51)60)54-23-11-7-18-48(54)44-33-28-41-27-30-43-32-31-42-29-26-40-16-4-5-19-49(40)57(42)58(43)52(41)38-44/h1-38H. The van der Waals surface area contributed by atoms with Crippen LogP contribution in [0.5, 0.6) is 0 Å². The topological polar surface area (TPSA) is 8.17 Å². The van der Waals surface area contributed by atoms with Crippen LogP contribution < -0.4 is 4.90 Å². The summed E-state index contributed by atoms with van der Waals surface area (Å²) in [6, 6.07) is 84.3. The molecular weight excluding hydrogens is 725 g/mol. The predicted molar refractivity (Wildman–Crippen MR) is 256 cm³/mol. The lowest BCUT2D eigenvalue weighted by atomic mass is 9.91. The quantitative estimate of drug-likeness (QED) is 0.153. The Labute approximate surface area is 348 Å². The molecule has 0 unspecified atom stereocenters. The number of benzene rings is 11. The Bertz CT molecular complexity index is 3530. The maximum Gasteiger partial charge on any atom is 0.0541 e. The maximum absolute atomic E-state index is 2.45. The number of fused-ring (bicyclic) bond motifs is 10. The van der Waals surface area contributed by atoms with E-state index >= 15 is 0 Å². The lowest BCUT2D eigenvalue weighted by molar-refractivity contribution is 1.17. The molecule has 60 heavy (non-hydrogen) atoms. The van der Waals surface area contributed by atoms with Crippen molar-refractivity contribution in [2.24, 2.45) is 0 Å². The minimum absolute atomic E-state index is 1.08. The highest BCUT2D eigenvalue weighted by molar-refractivity contribution is 6.27. The number of rotatable bonds is 6. The summed E-state index contributed by atoms with van der Waals surface area (Å²) in [6.45, 7) is 0. The maximum atomic E-state index is 2.45. The van der Waals surface area contributed by atoms with Crippen LogP contribution in [0.4, 0.5) is 17.1 Å². The second kappa shape index (κ2) is 13.9. The summed E-state index contributed by atoms with van der Waals surface area (Å²) in [5.74, 6) is 0. The van der Waals surface area contributed by atoms with Gasteiger partial charge in [0, 0.05) is 33.3 Å². The summed E-state index contributed by atoms with van der Waals surface area (Å²) in [7, 11) is 0. The van der Waals surface area contributed by atoms with Crippen LogP contribution in [0.3, 0.4) is 0 Å². The third kappa shape index (κ3) is 5.42. The van der Waals surface area contributed by atoms with Gasteiger partial charge in [0.05, 0.1) is 22.4 Å².